The van der Waals surface area contributed by atoms with Crippen molar-refractivity contribution in [1.29, 1.82) is 0 Å². The Kier molecular flexibility index (Phi) is 8.80. The minimum absolute atomic E-state index is 0.0266. The van der Waals surface area contributed by atoms with Crippen LogP contribution >= 0.6 is 23.2 Å². The lowest BCUT2D eigenvalue weighted by atomic mass is 9.95. The highest BCUT2D eigenvalue weighted by molar-refractivity contribution is 6.42. The van der Waals surface area contributed by atoms with E-state index in [0.717, 1.165) is 5.56 Å². The van der Waals surface area contributed by atoms with Gasteiger partial charge >= 0.3 is 6.03 Å². The predicted octanol–water partition coefficient (Wildman–Crippen LogP) is 6.02. The van der Waals surface area contributed by atoms with Crippen molar-refractivity contribution in [1.82, 2.24) is 10.2 Å². The van der Waals surface area contributed by atoms with Crippen molar-refractivity contribution in [3.63, 3.8) is 0 Å². The van der Waals surface area contributed by atoms with Gasteiger partial charge in [-0.1, -0.05) is 62.2 Å². The Hall–Kier alpha value is -2.28. The molecule has 180 valence electrons. The van der Waals surface area contributed by atoms with Gasteiger partial charge in [0.15, 0.2) is 0 Å². The van der Waals surface area contributed by atoms with Crippen LogP contribution in [0.2, 0.25) is 10.0 Å². The Labute approximate surface area is 206 Å². The Balaban J connectivity index is 2.06. The zero-order valence-electron chi connectivity index (χ0n) is 20.0. The number of nitrogens with zero attached hydrogens (tertiary/aromatic N) is 1. The number of β-amino-alcohol motifs (C(OH)–C–C–N with tert-alkyl or cyclic N) is 1. The second-order valence-electron chi connectivity index (χ2n) is 10.0. The molecule has 3 N–H and O–H groups in total. The number of aliphatic hydroxyl groups is 1. The number of anilines is 1. The Morgan fingerprint density at radius 2 is 1.58 bits per heavy atom. The van der Waals surface area contributed by atoms with Crippen LogP contribution in [0.25, 0.3) is 0 Å². The molecule has 0 aliphatic carbocycles. The van der Waals surface area contributed by atoms with Crippen LogP contribution in [0, 0.1) is 5.41 Å². The summed E-state index contributed by atoms with van der Waals surface area (Å²) in [5.74, 6) is -0.0266. The number of hydrogen-bond donors (Lipinski definition) is 3. The summed E-state index contributed by atoms with van der Waals surface area (Å²) < 4.78 is 0. The summed E-state index contributed by atoms with van der Waals surface area (Å²) >= 11 is 12.0. The molecule has 0 aliphatic rings. The molecular weight excluding hydrogens is 461 g/mol. The molecule has 33 heavy (non-hydrogen) atoms. The molecule has 1 atom stereocenters. The Morgan fingerprint density at radius 3 is 2.09 bits per heavy atom. The number of amides is 3. The molecule has 0 unspecified atom stereocenters. The van der Waals surface area contributed by atoms with Crippen molar-refractivity contribution < 1.29 is 14.7 Å². The van der Waals surface area contributed by atoms with Crippen LogP contribution in [-0.4, -0.2) is 34.0 Å². The molecule has 0 saturated heterocycles. The molecule has 0 spiro atoms. The molecule has 0 bridgehead atoms. The van der Waals surface area contributed by atoms with Crippen LogP contribution in [0.1, 0.15) is 58.8 Å². The molecule has 0 heterocycles. The molecule has 0 aromatic heterocycles. The molecule has 0 saturated carbocycles. The van der Waals surface area contributed by atoms with Crippen LogP contribution < -0.4 is 10.6 Å². The fourth-order valence-corrected chi connectivity index (χ4v) is 3.31. The van der Waals surface area contributed by atoms with E-state index < -0.39 is 17.1 Å². The fraction of sp³-hybridized carbons (Fsp3) is 0.440. The molecular formula is C25H33Cl2N3O3. The van der Waals surface area contributed by atoms with E-state index in [9.17, 15) is 14.7 Å². The number of halogens is 2. The molecule has 6 nitrogen and oxygen atoms in total. The van der Waals surface area contributed by atoms with Gasteiger partial charge in [0.05, 0.1) is 22.7 Å². The average molecular weight is 494 g/mol. The van der Waals surface area contributed by atoms with Crippen molar-refractivity contribution >= 4 is 40.8 Å². The van der Waals surface area contributed by atoms with E-state index in [1.165, 1.54) is 0 Å². The Morgan fingerprint density at radius 1 is 0.970 bits per heavy atom. The number of hydrogen-bond acceptors (Lipinski definition) is 3. The first-order chi connectivity index (χ1) is 15.2. The maximum Gasteiger partial charge on any atom is 0.322 e. The minimum atomic E-state index is -0.932. The molecule has 2 aromatic carbocycles. The number of nitrogens with one attached hydrogen (secondary N) is 2. The lowest BCUT2D eigenvalue weighted by Gasteiger charge is -2.37. The van der Waals surface area contributed by atoms with Crippen LogP contribution in [0.15, 0.2) is 42.5 Å². The summed E-state index contributed by atoms with van der Waals surface area (Å²) in [5, 5.41) is 17.3. The van der Waals surface area contributed by atoms with Crippen molar-refractivity contribution in [2.75, 3.05) is 11.9 Å². The number of aliphatic hydroxyl groups excluding tert-OH is 1. The van der Waals surface area contributed by atoms with Crippen molar-refractivity contribution in [3.05, 3.63) is 63.6 Å². The van der Waals surface area contributed by atoms with E-state index in [0.29, 0.717) is 27.8 Å². The number of benzene rings is 2. The van der Waals surface area contributed by atoms with Crippen molar-refractivity contribution in [2.24, 2.45) is 5.41 Å². The first-order valence-electron chi connectivity index (χ1n) is 10.8. The smallest absolute Gasteiger partial charge is 0.322 e. The van der Waals surface area contributed by atoms with Gasteiger partial charge in [-0.15, -0.1) is 0 Å². The largest absolute Gasteiger partial charge is 0.387 e. The molecule has 0 radical (unpaired) electrons. The lowest BCUT2D eigenvalue weighted by molar-refractivity contribution is -0.128. The van der Waals surface area contributed by atoms with Gasteiger partial charge in [0.25, 0.3) is 0 Å². The van der Waals surface area contributed by atoms with Crippen molar-refractivity contribution in [3.8, 4) is 0 Å². The molecule has 3 amide bonds. The highest BCUT2D eigenvalue weighted by Gasteiger charge is 2.29. The van der Waals surface area contributed by atoms with Gasteiger partial charge in [-0.05, 0) is 56.2 Å². The number of rotatable bonds is 6. The quantitative estimate of drug-likeness (QED) is 0.459. The summed E-state index contributed by atoms with van der Waals surface area (Å²) in [4.78, 5) is 26.7. The maximum atomic E-state index is 13.1. The predicted molar refractivity (Wildman–Crippen MR) is 135 cm³/mol. The fourth-order valence-electron chi connectivity index (χ4n) is 3.00. The SMILES string of the molecule is CC(C)(C)C(=O)NCc1ccc(NC(=O)N(C[C@@H](O)c2ccc(Cl)c(Cl)c2)C(C)(C)C)cc1. The summed E-state index contributed by atoms with van der Waals surface area (Å²) in [5.41, 5.74) is 1.12. The highest BCUT2D eigenvalue weighted by Crippen LogP contribution is 2.27. The topological polar surface area (TPSA) is 81.7 Å². The lowest BCUT2D eigenvalue weighted by Crippen LogP contribution is -2.49. The van der Waals surface area contributed by atoms with Gasteiger partial charge < -0.3 is 20.6 Å². The standard InChI is InChI=1S/C25H33Cl2N3O3/c1-24(2,3)22(32)28-14-16-7-10-18(11-8-16)29-23(33)30(25(4,5)6)15-21(31)17-9-12-19(26)20(27)13-17/h7-13,21,31H,14-15H2,1-6H3,(H,28,32)(H,29,33)/t21-/m1/s1. The maximum absolute atomic E-state index is 13.1. The third-order valence-corrected chi connectivity index (χ3v) is 5.82. The van der Waals surface area contributed by atoms with Crippen LogP contribution in [0.5, 0.6) is 0 Å². The zero-order valence-corrected chi connectivity index (χ0v) is 21.5. The summed E-state index contributed by atoms with van der Waals surface area (Å²) in [7, 11) is 0. The third-order valence-electron chi connectivity index (χ3n) is 5.08. The van der Waals surface area contributed by atoms with E-state index in [1.54, 1.807) is 35.2 Å². The van der Waals surface area contributed by atoms with Gasteiger partial charge in [-0.25, -0.2) is 4.79 Å². The van der Waals surface area contributed by atoms with E-state index >= 15 is 0 Å². The monoisotopic (exact) mass is 493 g/mol. The van der Waals surface area contributed by atoms with E-state index in [2.05, 4.69) is 10.6 Å². The number of carbonyl (C=O) groups is 2. The van der Waals surface area contributed by atoms with Gasteiger partial charge in [0.1, 0.15) is 0 Å². The van der Waals surface area contributed by atoms with E-state index in [1.807, 2.05) is 53.7 Å². The first kappa shape index (κ1) is 27.0. The first-order valence-corrected chi connectivity index (χ1v) is 11.5. The van der Waals surface area contributed by atoms with Crippen LogP contribution in [0.3, 0.4) is 0 Å². The van der Waals surface area contributed by atoms with E-state index in [-0.39, 0.29) is 18.5 Å². The van der Waals surface area contributed by atoms with Gasteiger partial charge in [-0.2, -0.15) is 0 Å². The minimum Gasteiger partial charge on any atom is -0.387 e. The summed E-state index contributed by atoms with van der Waals surface area (Å²) in [6.07, 6.45) is -0.932. The molecule has 0 aliphatic heterocycles. The highest BCUT2D eigenvalue weighted by atomic mass is 35.5. The van der Waals surface area contributed by atoms with Gasteiger partial charge in [0.2, 0.25) is 5.91 Å². The average Bonchev–Trinajstić information content (AvgIpc) is 2.71. The molecule has 0 fully saturated rings. The van der Waals surface area contributed by atoms with Crippen molar-refractivity contribution in [2.45, 2.75) is 59.7 Å². The second-order valence-corrected chi connectivity index (χ2v) is 10.8. The second kappa shape index (κ2) is 10.8. The van der Waals surface area contributed by atoms with E-state index in [4.69, 9.17) is 23.2 Å². The molecule has 8 heteroatoms. The van der Waals surface area contributed by atoms with Crippen LogP contribution in [-0.2, 0) is 11.3 Å². The zero-order chi connectivity index (χ0) is 25.0. The number of urea groups is 1. The summed E-state index contributed by atoms with van der Waals surface area (Å²) in [6.45, 7) is 11.8. The van der Waals surface area contributed by atoms with Gasteiger partial charge in [-0.3, -0.25) is 4.79 Å². The van der Waals surface area contributed by atoms with Gasteiger partial charge in [0, 0.05) is 23.2 Å². The molecule has 2 aromatic rings. The van der Waals surface area contributed by atoms with Crippen LogP contribution in [0.4, 0.5) is 10.5 Å². The Bertz CT molecular complexity index is 980. The summed E-state index contributed by atoms with van der Waals surface area (Å²) in [6, 6.07) is 11.8. The molecule has 2 rings (SSSR count). The number of carbonyl (C=O) groups excluding carboxylic acids is 2. The third kappa shape index (κ3) is 7.91. The normalized spacial score (nSPS) is 12.8.